The van der Waals surface area contributed by atoms with Crippen LogP contribution in [0.1, 0.15) is 46.6 Å². The number of ether oxygens (including phenoxy) is 2. The summed E-state index contributed by atoms with van der Waals surface area (Å²) < 4.78 is 10.6. The number of hydrogen-bond acceptors (Lipinski definition) is 4. The molecule has 3 amide bonds. The second-order valence-electron chi connectivity index (χ2n) is 8.17. The molecule has 0 saturated heterocycles. The molecule has 0 aromatic heterocycles. The Hall–Kier alpha value is -2.44. The van der Waals surface area contributed by atoms with Crippen molar-refractivity contribution in [2.75, 3.05) is 20.2 Å². The van der Waals surface area contributed by atoms with E-state index in [-0.39, 0.29) is 12.1 Å². The van der Waals surface area contributed by atoms with Gasteiger partial charge in [0, 0.05) is 19.1 Å². The Morgan fingerprint density at radius 2 is 1.79 bits per heavy atom. The smallest absolute Gasteiger partial charge is 0.407 e. The summed E-state index contributed by atoms with van der Waals surface area (Å²) in [5.74, 6) is 1.18. The lowest BCUT2D eigenvalue weighted by Gasteiger charge is -2.25. The summed E-state index contributed by atoms with van der Waals surface area (Å²) >= 11 is 0. The number of alkyl carbamates (subject to hydrolysis) is 1. The van der Waals surface area contributed by atoms with Crippen LogP contribution < -0.4 is 20.7 Å². The maximum Gasteiger partial charge on any atom is 0.407 e. The number of carbonyl (C=O) groups excluding carboxylic acids is 2. The zero-order valence-corrected chi connectivity index (χ0v) is 17.9. The highest BCUT2D eigenvalue weighted by Crippen LogP contribution is 2.17. The van der Waals surface area contributed by atoms with Crippen LogP contribution in [0.2, 0.25) is 0 Å². The van der Waals surface area contributed by atoms with E-state index in [0.29, 0.717) is 25.4 Å². The van der Waals surface area contributed by atoms with Crippen LogP contribution in [-0.4, -0.2) is 44.0 Å². The summed E-state index contributed by atoms with van der Waals surface area (Å²) in [5.41, 5.74) is 0.477. The second-order valence-corrected chi connectivity index (χ2v) is 8.17. The summed E-state index contributed by atoms with van der Waals surface area (Å²) in [5, 5.41) is 8.49. The molecule has 0 spiro atoms. The van der Waals surface area contributed by atoms with Crippen LogP contribution in [0.3, 0.4) is 0 Å². The Morgan fingerprint density at radius 3 is 2.39 bits per heavy atom. The van der Waals surface area contributed by atoms with Crippen molar-refractivity contribution < 1.29 is 19.1 Å². The highest BCUT2D eigenvalue weighted by molar-refractivity contribution is 5.74. The molecule has 0 aliphatic rings. The zero-order valence-electron chi connectivity index (χ0n) is 17.9. The third-order valence-corrected chi connectivity index (χ3v) is 3.86. The van der Waals surface area contributed by atoms with Crippen LogP contribution in [0.25, 0.3) is 0 Å². The van der Waals surface area contributed by atoms with Crippen LogP contribution in [0.15, 0.2) is 24.3 Å². The van der Waals surface area contributed by atoms with Gasteiger partial charge in [-0.25, -0.2) is 9.59 Å². The summed E-state index contributed by atoms with van der Waals surface area (Å²) in [7, 11) is 1.63. The molecule has 3 N–H and O–H groups in total. The second kappa shape index (κ2) is 11.4. The number of carbonyl (C=O) groups is 2. The number of methoxy groups -OCH3 is 1. The zero-order chi connectivity index (χ0) is 21.2. The van der Waals surface area contributed by atoms with Crippen LogP contribution >= 0.6 is 0 Å². The first-order valence-electron chi connectivity index (χ1n) is 9.74. The average Bonchev–Trinajstić information content (AvgIpc) is 2.58. The van der Waals surface area contributed by atoms with Gasteiger partial charge in [0.2, 0.25) is 0 Å². The quantitative estimate of drug-likeness (QED) is 0.599. The predicted molar refractivity (Wildman–Crippen MR) is 111 cm³/mol. The van der Waals surface area contributed by atoms with Crippen LogP contribution in [0, 0.1) is 5.92 Å². The number of benzene rings is 1. The normalized spacial score (nSPS) is 12.2. The van der Waals surface area contributed by atoms with E-state index >= 15 is 0 Å². The van der Waals surface area contributed by atoms with Gasteiger partial charge >= 0.3 is 12.1 Å². The van der Waals surface area contributed by atoms with Gasteiger partial charge in [-0.15, -0.1) is 0 Å². The number of rotatable bonds is 9. The van der Waals surface area contributed by atoms with Gasteiger partial charge in [-0.05, 0) is 51.2 Å². The van der Waals surface area contributed by atoms with Crippen molar-refractivity contribution in [3.63, 3.8) is 0 Å². The summed E-state index contributed by atoms with van der Waals surface area (Å²) in [6.45, 7) is 10.4. The molecule has 158 valence electrons. The van der Waals surface area contributed by atoms with E-state index in [2.05, 4.69) is 29.8 Å². The van der Waals surface area contributed by atoms with Gasteiger partial charge in [-0.2, -0.15) is 0 Å². The lowest BCUT2D eigenvalue weighted by atomic mass is 10.0. The van der Waals surface area contributed by atoms with Gasteiger partial charge in [0.1, 0.15) is 11.4 Å². The molecule has 0 heterocycles. The van der Waals surface area contributed by atoms with Gasteiger partial charge in [0.25, 0.3) is 0 Å². The molecule has 0 fully saturated rings. The van der Waals surface area contributed by atoms with E-state index < -0.39 is 11.7 Å². The third kappa shape index (κ3) is 10.0. The van der Waals surface area contributed by atoms with Crippen molar-refractivity contribution in [3.8, 4) is 5.75 Å². The molecule has 0 aliphatic carbocycles. The summed E-state index contributed by atoms with van der Waals surface area (Å²) in [4.78, 5) is 24.1. The fourth-order valence-electron chi connectivity index (χ4n) is 2.74. The Bertz CT molecular complexity index is 626. The number of nitrogens with one attached hydrogen (secondary N) is 3. The summed E-state index contributed by atoms with van der Waals surface area (Å²) in [6, 6.07) is 7.26. The maximum absolute atomic E-state index is 12.1. The Labute approximate surface area is 168 Å². The molecule has 0 saturated carbocycles. The molecule has 0 aliphatic heterocycles. The van der Waals surface area contributed by atoms with E-state index in [4.69, 9.17) is 9.47 Å². The van der Waals surface area contributed by atoms with Gasteiger partial charge in [0.15, 0.2) is 0 Å². The number of para-hydroxylation sites is 1. The van der Waals surface area contributed by atoms with E-state index in [9.17, 15) is 9.59 Å². The van der Waals surface area contributed by atoms with E-state index in [1.807, 2.05) is 45.0 Å². The minimum atomic E-state index is -0.560. The maximum atomic E-state index is 12.1. The lowest BCUT2D eigenvalue weighted by molar-refractivity contribution is 0.0498. The fraction of sp³-hybridized carbons (Fsp3) is 0.619. The van der Waals surface area contributed by atoms with E-state index in [1.165, 1.54) is 0 Å². The Morgan fingerprint density at radius 1 is 1.11 bits per heavy atom. The Kier molecular flexibility index (Phi) is 9.62. The molecule has 1 aromatic carbocycles. The Balaban J connectivity index is 2.43. The van der Waals surface area contributed by atoms with Crippen LogP contribution in [0.4, 0.5) is 9.59 Å². The van der Waals surface area contributed by atoms with Crippen molar-refractivity contribution in [3.05, 3.63) is 29.8 Å². The minimum Gasteiger partial charge on any atom is -0.496 e. The molecule has 0 bridgehead atoms. The molecule has 1 aromatic rings. The van der Waals surface area contributed by atoms with Gasteiger partial charge in [-0.3, -0.25) is 0 Å². The largest absolute Gasteiger partial charge is 0.496 e. The lowest BCUT2D eigenvalue weighted by Crippen LogP contribution is -2.48. The molecule has 1 rings (SSSR count). The predicted octanol–water partition coefficient (Wildman–Crippen LogP) is 3.48. The molecular formula is C21H35N3O4. The first kappa shape index (κ1) is 23.6. The van der Waals surface area contributed by atoms with Gasteiger partial charge in [0.05, 0.1) is 7.11 Å². The molecule has 0 radical (unpaired) electrons. The summed E-state index contributed by atoms with van der Waals surface area (Å²) in [6.07, 6.45) is 0.931. The van der Waals surface area contributed by atoms with Crippen molar-refractivity contribution >= 4 is 12.1 Å². The monoisotopic (exact) mass is 393 g/mol. The molecule has 1 unspecified atom stereocenters. The minimum absolute atomic E-state index is 0.199. The molecule has 1 atom stereocenters. The van der Waals surface area contributed by atoms with Crippen molar-refractivity contribution in [2.24, 2.45) is 5.92 Å². The fourth-order valence-corrected chi connectivity index (χ4v) is 2.74. The van der Waals surface area contributed by atoms with E-state index in [1.54, 1.807) is 7.11 Å². The molecule has 7 nitrogen and oxygen atoms in total. The highest BCUT2D eigenvalue weighted by atomic mass is 16.6. The van der Waals surface area contributed by atoms with Crippen molar-refractivity contribution in [1.29, 1.82) is 0 Å². The molecule has 7 heteroatoms. The van der Waals surface area contributed by atoms with Crippen LogP contribution in [0.5, 0.6) is 5.75 Å². The number of urea groups is 1. The number of amides is 3. The van der Waals surface area contributed by atoms with Gasteiger partial charge < -0.3 is 25.4 Å². The standard InChI is InChI=1S/C21H35N3O4/c1-15(2)13-17(24-20(26)28-21(3,4)5)14-23-19(25)22-12-11-16-9-7-8-10-18(16)27-6/h7-10,15,17H,11-14H2,1-6H3,(H,24,26)(H2,22,23,25). The topological polar surface area (TPSA) is 88.7 Å². The van der Waals surface area contributed by atoms with E-state index in [0.717, 1.165) is 17.7 Å². The number of hydrogen-bond donors (Lipinski definition) is 3. The average molecular weight is 394 g/mol. The third-order valence-electron chi connectivity index (χ3n) is 3.86. The van der Waals surface area contributed by atoms with Crippen molar-refractivity contribution in [1.82, 2.24) is 16.0 Å². The van der Waals surface area contributed by atoms with Gasteiger partial charge in [-0.1, -0.05) is 32.0 Å². The highest BCUT2D eigenvalue weighted by Gasteiger charge is 2.20. The first-order valence-corrected chi connectivity index (χ1v) is 9.74. The molecule has 28 heavy (non-hydrogen) atoms. The van der Waals surface area contributed by atoms with Crippen LogP contribution in [-0.2, 0) is 11.2 Å². The SMILES string of the molecule is COc1ccccc1CCNC(=O)NCC(CC(C)C)NC(=O)OC(C)(C)C. The molecular weight excluding hydrogens is 358 g/mol. The van der Waals surface area contributed by atoms with Crippen molar-refractivity contribution in [2.45, 2.75) is 59.1 Å². The first-order chi connectivity index (χ1) is 13.1.